The van der Waals surface area contributed by atoms with Gasteiger partial charge in [0.2, 0.25) is 0 Å². The van der Waals surface area contributed by atoms with E-state index in [0.717, 1.165) is 5.69 Å². The van der Waals surface area contributed by atoms with E-state index < -0.39 is 0 Å². The fourth-order valence-corrected chi connectivity index (χ4v) is 1.35. The van der Waals surface area contributed by atoms with Crippen LogP contribution in [0.15, 0.2) is 30.7 Å². The van der Waals surface area contributed by atoms with Crippen molar-refractivity contribution in [1.82, 2.24) is 14.5 Å². The Labute approximate surface area is 86.4 Å². The van der Waals surface area contributed by atoms with Gasteiger partial charge in [-0.15, -0.1) is 0 Å². The van der Waals surface area contributed by atoms with Crippen molar-refractivity contribution in [1.29, 1.82) is 0 Å². The standard InChI is InChI=1S/C9H9ClN4/c10-7-2-1-3-12-8(7)6-14-5-4-13-9(14)11/h1-5H,6H2,(H2,11,13). The highest BCUT2D eigenvalue weighted by atomic mass is 35.5. The highest BCUT2D eigenvalue weighted by Crippen LogP contribution is 2.14. The van der Waals surface area contributed by atoms with E-state index in [1.807, 2.05) is 0 Å². The summed E-state index contributed by atoms with van der Waals surface area (Å²) >= 11 is 5.96. The van der Waals surface area contributed by atoms with Crippen molar-refractivity contribution in [3.8, 4) is 0 Å². The van der Waals surface area contributed by atoms with E-state index in [1.54, 1.807) is 35.3 Å². The molecule has 0 aliphatic carbocycles. The number of hydrogen-bond donors (Lipinski definition) is 1. The monoisotopic (exact) mass is 208 g/mol. The van der Waals surface area contributed by atoms with Crippen LogP contribution in [0.1, 0.15) is 5.69 Å². The maximum atomic E-state index is 5.96. The predicted octanol–water partition coefficient (Wildman–Crippen LogP) is 1.56. The molecule has 0 spiro atoms. The second-order valence-corrected chi connectivity index (χ2v) is 3.25. The Balaban J connectivity index is 2.28. The molecular formula is C9H9ClN4. The summed E-state index contributed by atoms with van der Waals surface area (Å²) in [6, 6.07) is 3.60. The molecule has 0 bridgehead atoms. The van der Waals surface area contributed by atoms with Crippen LogP contribution in [0.4, 0.5) is 5.95 Å². The van der Waals surface area contributed by atoms with E-state index in [4.69, 9.17) is 17.3 Å². The van der Waals surface area contributed by atoms with Crippen molar-refractivity contribution in [3.05, 3.63) is 41.4 Å². The Kier molecular flexibility index (Phi) is 2.37. The van der Waals surface area contributed by atoms with E-state index >= 15 is 0 Å². The van der Waals surface area contributed by atoms with Crippen molar-refractivity contribution in [3.63, 3.8) is 0 Å². The van der Waals surface area contributed by atoms with Gasteiger partial charge in [-0.3, -0.25) is 4.98 Å². The average molecular weight is 209 g/mol. The summed E-state index contributed by atoms with van der Waals surface area (Å²) in [6.45, 7) is 0.547. The number of nitrogen functional groups attached to an aromatic ring is 1. The van der Waals surface area contributed by atoms with Crippen molar-refractivity contribution < 1.29 is 0 Å². The van der Waals surface area contributed by atoms with Gasteiger partial charge in [0, 0.05) is 18.6 Å². The number of anilines is 1. The summed E-state index contributed by atoms with van der Waals surface area (Å²) in [5.41, 5.74) is 6.41. The zero-order valence-corrected chi connectivity index (χ0v) is 8.15. The first kappa shape index (κ1) is 9.02. The van der Waals surface area contributed by atoms with Gasteiger partial charge in [-0.2, -0.15) is 0 Å². The molecule has 14 heavy (non-hydrogen) atoms. The molecule has 0 aliphatic rings. The molecule has 0 atom stereocenters. The number of halogens is 1. The summed E-state index contributed by atoms with van der Waals surface area (Å²) < 4.78 is 1.79. The van der Waals surface area contributed by atoms with Gasteiger partial charge >= 0.3 is 0 Å². The predicted molar refractivity (Wildman–Crippen MR) is 55.0 cm³/mol. The lowest BCUT2D eigenvalue weighted by Gasteiger charge is -2.04. The van der Waals surface area contributed by atoms with Crippen molar-refractivity contribution in [2.45, 2.75) is 6.54 Å². The molecule has 0 saturated heterocycles. The quantitative estimate of drug-likeness (QED) is 0.815. The number of hydrogen-bond acceptors (Lipinski definition) is 3. The Hall–Kier alpha value is -1.55. The number of pyridine rings is 1. The van der Waals surface area contributed by atoms with Crippen LogP contribution < -0.4 is 5.73 Å². The molecule has 0 amide bonds. The van der Waals surface area contributed by atoms with Gasteiger partial charge in [-0.25, -0.2) is 4.98 Å². The Morgan fingerprint density at radius 3 is 2.86 bits per heavy atom. The molecule has 5 heteroatoms. The third-order valence-corrected chi connectivity index (χ3v) is 2.25. The first-order valence-electron chi connectivity index (χ1n) is 4.13. The first-order valence-corrected chi connectivity index (χ1v) is 4.51. The number of imidazole rings is 1. The van der Waals surface area contributed by atoms with Gasteiger partial charge in [0.25, 0.3) is 0 Å². The van der Waals surface area contributed by atoms with Gasteiger partial charge in [-0.05, 0) is 12.1 Å². The number of nitrogens with two attached hydrogens (primary N) is 1. The van der Waals surface area contributed by atoms with Crippen LogP contribution in [0.5, 0.6) is 0 Å². The van der Waals surface area contributed by atoms with Crippen LogP contribution in [-0.4, -0.2) is 14.5 Å². The normalized spacial score (nSPS) is 10.4. The molecule has 0 aliphatic heterocycles. The number of nitrogens with zero attached hydrogens (tertiary/aromatic N) is 3. The maximum Gasteiger partial charge on any atom is 0.200 e. The van der Waals surface area contributed by atoms with Gasteiger partial charge in [0.05, 0.1) is 17.3 Å². The Bertz CT molecular complexity index is 438. The molecule has 2 heterocycles. The molecule has 0 unspecified atom stereocenters. The van der Waals surface area contributed by atoms with E-state index in [0.29, 0.717) is 17.5 Å². The molecule has 2 rings (SSSR count). The summed E-state index contributed by atoms with van der Waals surface area (Å²) in [4.78, 5) is 8.07. The molecule has 2 N–H and O–H groups in total. The average Bonchev–Trinajstić information content (AvgIpc) is 2.56. The lowest BCUT2D eigenvalue weighted by Crippen LogP contribution is -2.05. The van der Waals surface area contributed by atoms with Crippen LogP contribution in [0.25, 0.3) is 0 Å². The van der Waals surface area contributed by atoms with Crippen LogP contribution in [0.2, 0.25) is 5.02 Å². The van der Waals surface area contributed by atoms with Crippen molar-refractivity contribution in [2.24, 2.45) is 0 Å². The smallest absolute Gasteiger partial charge is 0.200 e. The fraction of sp³-hybridized carbons (Fsp3) is 0.111. The second-order valence-electron chi connectivity index (χ2n) is 2.85. The minimum absolute atomic E-state index is 0.465. The molecule has 0 saturated carbocycles. The Morgan fingerprint density at radius 1 is 1.36 bits per heavy atom. The maximum absolute atomic E-state index is 5.96. The van der Waals surface area contributed by atoms with E-state index in [2.05, 4.69) is 9.97 Å². The topological polar surface area (TPSA) is 56.7 Å². The summed E-state index contributed by atoms with van der Waals surface area (Å²) in [5.74, 6) is 0.465. The van der Waals surface area contributed by atoms with Crippen LogP contribution in [-0.2, 0) is 6.54 Å². The minimum Gasteiger partial charge on any atom is -0.369 e. The molecule has 2 aromatic rings. The van der Waals surface area contributed by atoms with Crippen molar-refractivity contribution >= 4 is 17.5 Å². The zero-order valence-electron chi connectivity index (χ0n) is 7.39. The minimum atomic E-state index is 0.465. The van der Waals surface area contributed by atoms with Crippen molar-refractivity contribution in [2.75, 3.05) is 5.73 Å². The lowest BCUT2D eigenvalue weighted by molar-refractivity contribution is 0.785. The van der Waals surface area contributed by atoms with E-state index in [-0.39, 0.29) is 0 Å². The highest BCUT2D eigenvalue weighted by molar-refractivity contribution is 6.31. The molecule has 0 fully saturated rings. The lowest BCUT2D eigenvalue weighted by atomic mass is 10.3. The summed E-state index contributed by atoms with van der Waals surface area (Å²) in [7, 11) is 0. The third kappa shape index (κ3) is 1.70. The third-order valence-electron chi connectivity index (χ3n) is 1.90. The number of aromatic nitrogens is 3. The molecule has 72 valence electrons. The molecule has 0 aromatic carbocycles. The van der Waals surface area contributed by atoms with Crippen LogP contribution in [0.3, 0.4) is 0 Å². The molecule has 4 nitrogen and oxygen atoms in total. The second kappa shape index (κ2) is 3.67. The fourth-order valence-electron chi connectivity index (χ4n) is 1.17. The van der Waals surface area contributed by atoms with Gasteiger partial charge in [-0.1, -0.05) is 11.6 Å². The van der Waals surface area contributed by atoms with Gasteiger partial charge in [0.15, 0.2) is 5.95 Å². The van der Waals surface area contributed by atoms with Crippen LogP contribution in [0, 0.1) is 0 Å². The van der Waals surface area contributed by atoms with E-state index in [9.17, 15) is 0 Å². The highest BCUT2D eigenvalue weighted by Gasteiger charge is 2.03. The van der Waals surface area contributed by atoms with Crippen LogP contribution >= 0.6 is 11.6 Å². The Morgan fingerprint density at radius 2 is 2.21 bits per heavy atom. The zero-order chi connectivity index (χ0) is 9.97. The molecule has 2 aromatic heterocycles. The van der Waals surface area contributed by atoms with Gasteiger partial charge < -0.3 is 10.3 Å². The molecular weight excluding hydrogens is 200 g/mol. The van der Waals surface area contributed by atoms with Gasteiger partial charge in [0.1, 0.15) is 0 Å². The summed E-state index contributed by atoms with van der Waals surface area (Å²) in [5, 5.41) is 0.639. The molecule has 0 radical (unpaired) electrons. The van der Waals surface area contributed by atoms with E-state index in [1.165, 1.54) is 0 Å². The SMILES string of the molecule is Nc1nccn1Cc1ncccc1Cl. The summed E-state index contributed by atoms with van der Waals surface area (Å²) in [6.07, 6.45) is 5.14. The number of rotatable bonds is 2. The first-order chi connectivity index (χ1) is 6.77. The largest absolute Gasteiger partial charge is 0.369 e.